The maximum Gasteiger partial charge on any atom is 0.410 e. The molecular formula is C28H42F2N4O5. The third kappa shape index (κ3) is 5.15. The molecule has 1 aromatic heterocycles. The van der Waals surface area contributed by atoms with E-state index >= 15 is 0 Å². The first-order valence-corrected chi connectivity index (χ1v) is 14.3. The number of amides is 2. The van der Waals surface area contributed by atoms with E-state index in [0.29, 0.717) is 44.2 Å². The zero-order valence-corrected chi connectivity index (χ0v) is 23.7. The van der Waals surface area contributed by atoms with Gasteiger partial charge < -0.3 is 19.3 Å². The van der Waals surface area contributed by atoms with Crippen molar-refractivity contribution in [2.75, 3.05) is 19.6 Å². The van der Waals surface area contributed by atoms with Gasteiger partial charge in [0.05, 0.1) is 11.5 Å². The number of halogens is 2. The minimum absolute atomic E-state index is 0.0832. The molecule has 4 aliphatic rings. The zero-order valence-electron chi connectivity index (χ0n) is 23.7. The lowest BCUT2D eigenvalue weighted by molar-refractivity contribution is -0.160. The van der Waals surface area contributed by atoms with Gasteiger partial charge in [-0.05, 0) is 52.4 Å². The molecule has 0 radical (unpaired) electrons. The van der Waals surface area contributed by atoms with Crippen LogP contribution < -0.4 is 0 Å². The van der Waals surface area contributed by atoms with Crippen molar-refractivity contribution < 1.29 is 32.7 Å². The molecule has 2 aliphatic heterocycles. The van der Waals surface area contributed by atoms with E-state index in [9.17, 15) is 23.5 Å². The number of rotatable bonds is 4. The van der Waals surface area contributed by atoms with Crippen molar-refractivity contribution >= 4 is 12.0 Å². The van der Waals surface area contributed by atoms with Gasteiger partial charge in [0.15, 0.2) is 5.82 Å². The van der Waals surface area contributed by atoms with Crippen LogP contribution in [-0.4, -0.2) is 80.4 Å². The second kappa shape index (κ2) is 9.66. The number of hydrogen-bond acceptors (Lipinski definition) is 7. The quantitative estimate of drug-likeness (QED) is 0.580. The van der Waals surface area contributed by atoms with E-state index in [1.54, 1.807) is 25.7 Å². The minimum Gasteiger partial charge on any atom is -0.444 e. The summed E-state index contributed by atoms with van der Waals surface area (Å²) in [5, 5.41) is 15.2. The predicted octanol–water partition coefficient (Wildman–Crippen LogP) is 4.64. The standard InChI is InChI=1S/C28H42F2N4O5/c1-17(2)27(23-31-21(39-32-23)18-7-11-28(29,30)12-8-18)15-33(16-27)22(36)19-13-20(35)26(9-6-10-26)14-34(19)24(37)38-25(3,4)5/h17-20,35H,6-16H2,1-5H3/t19-,20+/m0/s1. The molecule has 9 nitrogen and oxygen atoms in total. The Morgan fingerprint density at radius 3 is 2.28 bits per heavy atom. The third-order valence-electron chi connectivity index (χ3n) is 9.59. The summed E-state index contributed by atoms with van der Waals surface area (Å²) in [5.41, 5.74) is -1.61. The van der Waals surface area contributed by atoms with E-state index in [1.165, 1.54) is 4.90 Å². The Kier molecular flexibility index (Phi) is 7.00. The minimum atomic E-state index is -2.63. The summed E-state index contributed by atoms with van der Waals surface area (Å²) in [6, 6.07) is -0.809. The van der Waals surface area contributed by atoms with Gasteiger partial charge in [-0.3, -0.25) is 9.69 Å². The molecule has 2 aliphatic carbocycles. The number of piperidine rings is 1. The first kappa shape index (κ1) is 28.2. The molecular weight excluding hydrogens is 510 g/mol. The summed E-state index contributed by atoms with van der Waals surface area (Å²) < 4.78 is 38.5. The molecule has 5 rings (SSSR count). The fourth-order valence-electron chi connectivity index (χ4n) is 6.67. The maximum atomic E-state index is 13.8. The summed E-state index contributed by atoms with van der Waals surface area (Å²) in [5.74, 6) is -2.07. The molecule has 2 atom stereocenters. The predicted molar refractivity (Wildman–Crippen MR) is 137 cm³/mol. The molecule has 0 aromatic carbocycles. The van der Waals surface area contributed by atoms with Gasteiger partial charge in [0.1, 0.15) is 11.6 Å². The lowest BCUT2D eigenvalue weighted by atomic mass is 9.61. The Bertz CT molecular complexity index is 1080. The fourth-order valence-corrected chi connectivity index (χ4v) is 6.67. The first-order valence-electron chi connectivity index (χ1n) is 14.3. The van der Waals surface area contributed by atoms with Crippen LogP contribution in [0.2, 0.25) is 0 Å². The van der Waals surface area contributed by atoms with Crippen LogP contribution in [0.25, 0.3) is 0 Å². The fraction of sp³-hybridized carbons (Fsp3) is 0.857. The topological polar surface area (TPSA) is 109 Å². The summed E-state index contributed by atoms with van der Waals surface area (Å²) in [6.07, 6.45) is 1.89. The van der Waals surface area contributed by atoms with E-state index in [4.69, 9.17) is 9.26 Å². The van der Waals surface area contributed by atoms with Gasteiger partial charge in [-0.2, -0.15) is 4.98 Å². The van der Waals surface area contributed by atoms with E-state index in [-0.39, 0.29) is 42.4 Å². The highest BCUT2D eigenvalue weighted by molar-refractivity contribution is 5.87. The highest BCUT2D eigenvalue weighted by atomic mass is 19.3. The maximum absolute atomic E-state index is 13.8. The molecule has 4 fully saturated rings. The number of nitrogens with zero attached hydrogens (tertiary/aromatic N) is 4. The number of carbonyl (C=O) groups is 2. The molecule has 0 bridgehead atoms. The number of likely N-dealkylation sites (tertiary alicyclic amines) is 2. The molecule has 3 heterocycles. The number of hydrogen-bond donors (Lipinski definition) is 1. The van der Waals surface area contributed by atoms with Crippen molar-refractivity contribution in [1.29, 1.82) is 0 Å². The molecule has 1 aromatic rings. The average Bonchev–Trinajstić information content (AvgIpc) is 3.25. The highest BCUT2D eigenvalue weighted by Crippen LogP contribution is 2.50. The highest BCUT2D eigenvalue weighted by Gasteiger charge is 2.57. The average molecular weight is 553 g/mol. The molecule has 0 unspecified atom stereocenters. The van der Waals surface area contributed by atoms with Gasteiger partial charge in [-0.15, -0.1) is 0 Å². The number of ether oxygens (including phenoxy) is 1. The zero-order chi connectivity index (χ0) is 28.4. The SMILES string of the molecule is CC(C)C1(c2noc(C3CCC(F)(F)CC3)n2)CN(C(=O)[C@@H]2C[C@@H](O)C3(CCC3)CN2C(=O)OC(C)(C)C)C1. The molecule has 11 heteroatoms. The van der Waals surface area contributed by atoms with Gasteiger partial charge in [0, 0.05) is 50.2 Å². The number of carbonyl (C=O) groups excluding carboxylic acids is 2. The van der Waals surface area contributed by atoms with Crippen LogP contribution >= 0.6 is 0 Å². The van der Waals surface area contributed by atoms with Crippen molar-refractivity contribution in [2.45, 2.75) is 121 Å². The Morgan fingerprint density at radius 2 is 1.74 bits per heavy atom. The van der Waals surface area contributed by atoms with Crippen molar-refractivity contribution in [3.63, 3.8) is 0 Å². The van der Waals surface area contributed by atoms with Crippen LogP contribution in [0.5, 0.6) is 0 Å². The number of alkyl halides is 2. The second-order valence-corrected chi connectivity index (χ2v) is 13.7. The largest absolute Gasteiger partial charge is 0.444 e. The Labute approximate surface area is 228 Å². The summed E-state index contributed by atoms with van der Waals surface area (Å²) in [4.78, 5) is 34.9. The van der Waals surface area contributed by atoms with Crippen molar-refractivity contribution in [3.05, 3.63) is 11.7 Å². The summed E-state index contributed by atoms with van der Waals surface area (Å²) in [7, 11) is 0. The van der Waals surface area contributed by atoms with Crippen molar-refractivity contribution in [1.82, 2.24) is 19.9 Å². The third-order valence-corrected chi connectivity index (χ3v) is 9.59. The Morgan fingerprint density at radius 1 is 1.10 bits per heavy atom. The molecule has 1 spiro atoms. The van der Waals surface area contributed by atoms with E-state index in [2.05, 4.69) is 10.1 Å². The van der Waals surface area contributed by atoms with Crippen LogP contribution in [0.1, 0.15) is 104 Å². The van der Waals surface area contributed by atoms with Crippen LogP contribution in [0, 0.1) is 11.3 Å². The second-order valence-electron chi connectivity index (χ2n) is 13.7. The van der Waals surface area contributed by atoms with Crippen molar-refractivity contribution in [3.8, 4) is 0 Å². The van der Waals surface area contributed by atoms with Crippen LogP contribution in [-0.2, 0) is 14.9 Å². The van der Waals surface area contributed by atoms with E-state index in [1.807, 2.05) is 13.8 Å². The van der Waals surface area contributed by atoms with E-state index < -0.39 is 35.2 Å². The molecule has 218 valence electrons. The summed E-state index contributed by atoms with van der Waals surface area (Å²) >= 11 is 0. The Hall–Kier alpha value is -2.30. The van der Waals surface area contributed by atoms with Gasteiger partial charge in [-0.1, -0.05) is 25.4 Å². The normalized spacial score (nSPS) is 28.2. The van der Waals surface area contributed by atoms with Crippen LogP contribution in [0.4, 0.5) is 13.6 Å². The number of aliphatic hydroxyl groups excluding tert-OH is 1. The number of aromatic nitrogens is 2. The molecule has 2 saturated carbocycles. The monoisotopic (exact) mass is 552 g/mol. The summed E-state index contributed by atoms with van der Waals surface area (Å²) in [6.45, 7) is 10.5. The van der Waals surface area contributed by atoms with Crippen molar-refractivity contribution in [2.24, 2.45) is 11.3 Å². The van der Waals surface area contributed by atoms with E-state index in [0.717, 1.165) is 19.3 Å². The number of aliphatic hydroxyl groups is 1. The van der Waals surface area contributed by atoms with Crippen LogP contribution in [0.3, 0.4) is 0 Å². The molecule has 39 heavy (non-hydrogen) atoms. The lowest BCUT2D eigenvalue weighted by Crippen LogP contribution is -2.70. The molecule has 2 saturated heterocycles. The lowest BCUT2D eigenvalue weighted by Gasteiger charge is -2.56. The van der Waals surface area contributed by atoms with Crippen LogP contribution in [0.15, 0.2) is 4.52 Å². The Balaban J connectivity index is 1.31. The molecule has 1 N–H and O–H groups in total. The van der Waals surface area contributed by atoms with Gasteiger partial charge in [0.2, 0.25) is 17.7 Å². The van der Waals surface area contributed by atoms with Gasteiger partial charge in [-0.25, -0.2) is 13.6 Å². The molecule has 2 amide bonds. The smallest absolute Gasteiger partial charge is 0.410 e. The van der Waals surface area contributed by atoms with Gasteiger partial charge in [0.25, 0.3) is 0 Å². The van der Waals surface area contributed by atoms with Gasteiger partial charge >= 0.3 is 6.09 Å². The first-order chi connectivity index (χ1) is 18.1.